The molecule has 0 aromatic heterocycles. The fraction of sp³-hybridized carbons (Fsp3) is 0.758. The van der Waals surface area contributed by atoms with Crippen LogP contribution in [0.4, 0.5) is 0 Å². The number of hydrogen-bond acceptors (Lipinski definition) is 3. The number of hydrogen-bond donors (Lipinski definition) is 0. The monoisotopic (exact) mass is 558 g/mol. The lowest BCUT2D eigenvalue weighted by Gasteiger charge is -2.50. The Morgan fingerprint density at radius 3 is 2.03 bits per heavy atom. The Kier molecular flexibility index (Phi) is 10.8. The van der Waals surface area contributed by atoms with Crippen molar-refractivity contribution in [1.82, 2.24) is 0 Å². The van der Waals surface area contributed by atoms with Crippen molar-refractivity contribution in [1.29, 1.82) is 0 Å². The summed E-state index contributed by atoms with van der Waals surface area (Å²) in [6.07, 6.45) is 8.60. The van der Waals surface area contributed by atoms with E-state index in [1.54, 1.807) is 0 Å². The molecule has 0 amide bonds. The normalized spacial score (nSPS) is 22.8. The summed E-state index contributed by atoms with van der Waals surface area (Å²) in [6.45, 7) is 23.2. The maximum atomic E-state index is 7.21. The van der Waals surface area contributed by atoms with Gasteiger partial charge in [-0.25, -0.2) is 0 Å². The van der Waals surface area contributed by atoms with E-state index in [-0.39, 0.29) is 11.7 Å². The van der Waals surface area contributed by atoms with Crippen LogP contribution < -0.4 is 9.16 Å². The number of aryl methyl sites for hydroxylation is 1. The van der Waals surface area contributed by atoms with E-state index in [0.29, 0.717) is 11.8 Å². The Morgan fingerprint density at radius 2 is 1.47 bits per heavy atom. The summed E-state index contributed by atoms with van der Waals surface area (Å²) in [6, 6.07) is 11.8. The van der Waals surface area contributed by atoms with E-state index < -0.39 is 16.6 Å². The van der Waals surface area contributed by atoms with E-state index in [1.807, 2.05) is 0 Å². The van der Waals surface area contributed by atoms with Crippen molar-refractivity contribution < 1.29 is 13.6 Å². The second kappa shape index (κ2) is 13.1. The molecule has 0 bridgehead atoms. The van der Waals surface area contributed by atoms with Gasteiger partial charge in [-0.3, -0.25) is 0 Å². The minimum absolute atomic E-state index is 0.209. The molecule has 38 heavy (non-hydrogen) atoms. The first kappa shape index (κ1) is 31.5. The molecule has 0 fully saturated rings. The van der Waals surface area contributed by atoms with E-state index in [9.17, 15) is 0 Å². The van der Waals surface area contributed by atoms with Crippen LogP contribution in [-0.2, 0) is 10.8 Å². The second-order valence-electron chi connectivity index (χ2n) is 12.6. The number of ether oxygens (including phenoxy) is 1. The molecular formula is C33H58O3Si2. The van der Waals surface area contributed by atoms with Gasteiger partial charge in [0.1, 0.15) is 17.1 Å². The van der Waals surface area contributed by atoms with Gasteiger partial charge < -0.3 is 13.6 Å². The van der Waals surface area contributed by atoms with Crippen LogP contribution in [0.1, 0.15) is 112 Å². The number of benzene rings is 1. The van der Waals surface area contributed by atoms with E-state index in [2.05, 4.69) is 87.4 Å². The van der Waals surface area contributed by atoms with Gasteiger partial charge in [0.25, 0.3) is 0 Å². The maximum absolute atomic E-state index is 7.21. The third-order valence-electron chi connectivity index (χ3n) is 10.3. The van der Waals surface area contributed by atoms with Crippen molar-refractivity contribution in [2.24, 2.45) is 5.92 Å². The first-order valence-corrected chi connectivity index (χ1v) is 21.0. The minimum Gasteiger partial charge on any atom is -0.543 e. The molecule has 1 aliphatic heterocycles. The number of rotatable bonds is 14. The van der Waals surface area contributed by atoms with E-state index >= 15 is 0 Å². The average Bonchev–Trinajstić information content (AvgIpc) is 2.90. The highest BCUT2D eigenvalue weighted by atomic mass is 28.4. The zero-order valence-corrected chi connectivity index (χ0v) is 28.5. The van der Waals surface area contributed by atoms with Crippen molar-refractivity contribution in [3.05, 3.63) is 34.9 Å². The van der Waals surface area contributed by atoms with Crippen LogP contribution in [0.5, 0.6) is 11.5 Å². The molecule has 1 heterocycles. The van der Waals surface area contributed by atoms with Gasteiger partial charge >= 0.3 is 0 Å². The van der Waals surface area contributed by atoms with Gasteiger partial charge in [0.2, 0.25) is 8.32 Å². The first-order chi connectivity index (χ1) is 18.1. The molecule has 5 heteroatoms. The Morgan fingerprint density at radius 1 is 0.868 bits per heavy atom. The molecule has 3 unspecified atom stereocenters. The third kappa shape index (κ3) is 6.46. The smallest absolute Gasteiger partial charge is 0.250 e. The van der Waals surface area contributed by atoms with Crippen LogP contribution in [0.15, 0.2) is 23.8 Å². The fourth-order valence-electron chi connectivity index (χ4n) is 6.95. The number of fused-ring (bicyclic) bond motifs is 3. The summed E-state index contributed by atoms with van der Waals surface area (Å²) < 4.78 is 21.3. The molecule has 3 nitrogen and oxygen atoms in total. The summed E-state index contributed by atoms with van der Waals surface area (Å²) in [5.41, 5.74) is 3.84. The van der Waals surface area contributed by atoms with Crippen molar-refractivity contribution in [2.45, 2.75) is 155 Å². The van der Waals surface area contributed by atoms with Gasteiger partial charge in [-0.15, -0.1) is 0 Å². The van der Waals surface area contributed by atoms with Gasteiger partial charge in [-0.05, 0) is 99.6 Å². The van der Waals surface area contributed by atoms with Crippen molar-refractivity contribution >= 4 is 16.6 Å². The molecule has 1 aromatic rings. The molecule has 0 spiro atoms. The fourth-order valence-corrected chi connectivity index (χ4v) is 12.4. The maximum Gasteiger partial charge on any atom is 0.250 e. The van der Waals surface area contributed by atoms with Crippen molar-refractivity contribution in [3.8, 4) is 11.5 Å². The number of allylic oxidation sites excluding steroid dienone is 1. The highest BCUT2D eigenvalue weighted by Crippen LogP contribution is 2.55. The molecule has 1 aliphatic carbocycles. The van der Waals surface area contributed by atoms with Crippen LogP contribution in [0.3, 0.4) is 0 Å². The summed E-state index contributed by atoms with van der Waals surface area (Å²) in [7, 11) is -3.55. The summed E-state index contributed by atoms with van der Waals surface area (Å²) in [5, 5.41) is 0. The minimum atomic E-state index is -1.84. The zero-order chi connectivity index (χ0) is 28.1. The first-order valence-electron chi connectivity index (χ1n) is 16.0. The van der Waals surface area contributed by atoms with Gasteiger partial charge in [0, 0.05) is 17.4 Å². The van der Waals surface area contributed by atoms with Crippen LogP contribution in [-0.4, -0.2) is 28.3 Å². The van der Waals surface area contributed by atoms with Crippen LogP contribution in [0, 0.1) is 5.92 Å². The molecule has 2 aliphatic rings. The van der Waals surface area contributed by atoms with E-state index in [1.165, 1.54) is 54.1 Å². The zero-order valence-electron chi connectivity index (χ0n) is 26.5. The predicted molar refractivity (Wildman–Crippen MR) is 169 cm³/mol. The van der Waals surface area contributed by atoms with Crippen molar-refractivity contribution in [3.63, 3.8) is 0 Å². The molecule has 0 saturated heterocycles. The van der Waals surface area contributed by atoms with Crippen molar-refractivity contribution in [2.75, 3.05) is 0 Å². The lowest BCUT2D eigenvalue weighted by Crippen LogP contribution is -2.50. The standard InChI is InChI=1S/C33H58O3Si2/c1-11-18-19-20-26-22-30-32(31(23-26)36-38(15-5,16-6)17-7)27-21-25(8)29(24-28(27)33(9,10)34-30)35-37(12-2,13-3)14-4/h21-23,27-29H,11-20,24H2,1-10H3. The predicted octanol–water partition coefficient (Wildman–Crippen LogP) is 10.4. The third-order valence-corrected chi connectivity index (χ3v) is 19.4. The molecular weight excluding hydrogens is 501 g/mol. The molecule has 3 rings (SSSR count). The quantitative estimate of drug-likeness (QED) is 0.129. The summed E-state index contributed by atoms with van der Waals surface area (Å²) >= 11 is 0. The molecule has 0 saturated carbocycles. The lowest BCUT2D eigenvalue weighted by atomic mass is 9.67. The Hall–Kier alpha value is -1.05. The Balaban J connectivity index is 2.11. The Labute approximate surface area is 237 Å². The summed E-state index contributed by atoms with van der Waals surface area (Å²) in [5.74, 6) is 2.87. The van der Waals surface area contributed by atoms with E-state index in [0.717, 1.165) is 42.5 Å². The van der Waals surface area contributed by atoms with Crippen LogP contribution in [0.2, 0.25) is 36.3 Å². The molecule has 3 atom stereocenters. The average molecular weight is 559 g/mol. The van der Waals surface area contributed by atoms with Gasteiger partial charge in [0.05, 0.1) is 6.10 Å². The summed E-state index contributed by atoms with van der Waals surface area (Å²) in [4.78, 5) is 0. The van der Waals surface area contributed by atoms with Gasteiger partial charge in [-0.1, -0.05) is 67.4 Å². The lowest BCUT2D eigenvalue weighted by molar-refractivity contribution is -0.00689. The van der Waals surface area contributed by atoms with Gasteiger partial charge in [-0.2, -0.15) is 0 Å². The topological polar surface area (TPSA) is 27.7 Å². The molecule has 216 valence electrons. The number of unbranched alkanes of at least 4 members (excludes halogenated alkanes) is 2. The van der Waals surface area contributed by atoms with Gasteiger partial charge in [0.15, 0.2) is 8.32 Å². The Bertz CT molecular complexity index is 929. The molecule has 1 aromatic carbocycles. The molecule has 0 N–H and O–H groups in total. The van der Waals surface area contributed by atoms with Crippen LogP contribution >= 0.6 is 0 Å². The largest absolute Gasteiger partial charge is 0.543 e. The highest BCUT2D eigenvalue weighted by molar-refractivity contribution is 6.74. The van der Waals surface area contributed by atoms with Crippen LogP contribution in [0.25, 0.3) is 0 Å². The molecule has 0 radical (unpaired) electrons. The SMILES string of the molecule is CCCCCc1cc2c(c(O[Si](CC)(CC)CC)c1)C1C=C(C)C(O[Si](CC)(CC)CC)CC1C(C)(C)O2. The van der Waals surface area contributed by atoms with E-state index in [4.69, 9.17) is 13.6 Å². The highest BCUT2D eigenvalue weighted by Gasteiger charge is 2.49. The second-order valence-corrected chi connectivity index (χ2v) is 22.1.